The third kappa shape index (κ3) is 4.74. The van der Waals surface area contributed by atoms with E-state index in [4.69, 9.17) is 4.74 Å². The molecule has 32 heavy (non-hydrogen) atoms. The molecular weight excluding hydrogens is 434 g/mol. The summed E-state index contributed by atoms with van der Waals surface area (Å²) in [6, 6.07) is 1.37. The molecular formula is C22H29N3O6S. The van der Waals surface area contributed by atoms with Crippen molar-refractivity contribution in [3.63, 3.8) is 0 Å². The minimum atomic E-state index is -1.06. The molecule has 2 aliphatic heterocycles. The van der Waals surface area contributed by atoms with Crippen molar-refractivity contribution in [2.75, 3.05) is 24.5 Å². The molecule has 1 aromatic rings. The van der Waals surface area contributed by atoms with Gasteiger partial charge in [0.1, 0.15) is 11.0 Å². The molecule has 3 amide bonds. The second-order valence-corrected chi connectivity index (χ2v) is 9.92. The summed E-state index contributed by atoms with van der Waals surface area (Å²) in [6.45, 7) is 3.18. The van der Waals surface area contributed by atoms with Crippen LogP contribution in [-0.4, -0.2) is 65.7 Å². The minimum Gasteiger partial charge on any atom is -0.477 e. The van der Waals surface area contributed by atoms with Crippen molar-refractivity contribution < 1.29 is 29.0 Å². The van der Waals surface area contributed by atoms with Crippen LogP contribution in [0.2, 0.25) is 0 Å². The summed E-state index contributed by atoms with van der Waals surface area (Å²) in [5.41, 5.74) is 0.414. The SMILES string of the molecule is CC1CCC(C(=O)N(c2ccsc2C(=O)O)[C@H]2CCN(C(=O)O[C@H]3CNC(=O)C3)C2)CC1. The smallest absolute Gasteiger partial charge is 0.410 e. The highest BCUT2D eigenvalue weighted by atomic mass is 32.1. The monoisotopic (exact) mass is 463 g/mol. The van der Waals surface area contributed by atoms with Crippen LogP contribution in [0.5, 0.6) is 0 Å². The van der Waals surface area contributed by atoms with E-state index in [9.17, 15) is 24.3 Å². The van der Waals surface area contributed by atoms with Crippen LogP contribution in [0.3, 0.4) is 0 Å². The zero-order valence-electron chi connectivity index (χ0n) is 18.1. The molecule has 0 unspecified atom stereocenters. The predicted octanol–water partition coefficient (Wildman–Crippen LogP) is 2.71. The number of aromatic carboxylic acids is 1. The molecule has 1 saturated carbocycles. The van der Waals surface area contributed by atoms with Gasteiger partial charge in [-0.05, 0) is 49.5 Å². The fourth-order valence-electron chi connectivity index (χ4n) is 4.85. The first-order valence-corrected chi connectivity index (χ1v) is 12.1. The van der Waals surface area contributed by atoms with Crippen LogP contribution in [0, 0.1) is 11.8 Å². The van der Waals surface area contributed by atoms with Crippen LogP contribution >= 0.6 is 11.3 Å². The number of nitrogens with zero attached hydrogens (tertiary/aromatic N) is 2. The number of hydrogen-bond acceptors (Lipinski definition) is 6. The molecule has 2 saturated heterocycles. The second kappa shape index (κ2) is 9.48. The van der Waals surface area contributed by atoms with Crippen molar-refractivity contribution in [2.24, 2.45) is 11.8 Å². The van der Waals surface area contributed by atoms with Crippen molar-refractivity contribution in [3.05, 3.63) is 16.3 Å². The highest BCUT2D eigenvalue weighted by Crippen LogP contribution is 2.36. The molecule has 1 aromatic heterocycles. The molecule has 0 aromatic carbocycles. The van der Waals surface area contributed by atoms with E-state index in [0.29, 0.717) is 31.1 Å². The lowest BCUT2D eigenvalue weighted by molar-refractivity contribution is -0.124. The molecule has 2 atom stereocenters. The van der Waals surface area contributed by atoms with Gasteiger partial charge in [0, 0.05) is 19.0 Å². The zero-order chi connectivity index (χ0) is 22.8. The van der Waals surface area contributed by atoms with Crippen LogP contribution < -0.4 is 10.2 Å². The van der Waals surface area contributed by atoms with E-state index in [1.807, 2.05) is 0 Å². The van der Waals surface area contributed by atoms with Gasteiger partial charge in [0.05, 0.1) is 24.7 Å². The number of rotatable bonds is 5. The number of carboxylic acids is 1. The highest BCUT2D eigenvalue weighted by Gasteiger charge is 2.40. The molecule has 1 aliphatic carbocycles. The summed E-state index contributed by atoms with van der Waals surface area (Å²) < 4.78 is 5.44. The summed E-state index contributed by atoms with van der Waals surface area (Å²) in [4.78, 5) is 52.7. The van der Waals surface area contributed by atoms with Crippen LogP contribution in [-0.2, 0) is 14.3 Å². The molecule has 3 heterocycles. The lowest BCUT2D eigenvalue weighted by atomic mass is 9.82. The Labute approximate surface area is 190 Å². The quantitative estimate of drug-likeness (QED) is 0.694. The summed E-state index contributed by atoms with van der Waals surface area (Å²) in [7, 11) is 0. The first-order valence-electron chi connectivity index (χ1n) is 11.2. The van der Waals surface area contributed by atoms with E-state index in [1.54, 1.807) is 21.2 Å². The number of nitrogens with one attached hydrogen (secondary N) is 1. The van der Waals surface area contributed by atoms with Gasteiger partial charge in [-0.25, -0.2) is 9.59 Å². The Balaban J connectivity index is 1.50. The standard InChI is InChI=1S/C22H29N3O6S/c1-13-2-4-14(5-3-13)20(27)25(17-7-9-32-19(17)21(28)29)15-6-8-24(12-15)22(30)31-16-10-18(26)23-11-16/h7,9,13-16H,2-6,8,10-12H2,1H3,(H,23,26)(H,28,29)/t13?,14?,15-,16+/m0/s1. The van der Waals surface area contributed by atoms with Gasteiger partial charge in [-0.1, -0.05) is 6.92 Å². The number of amides is 3. The third-order valence-electron chi connectivity index (χ3n) is 6.69. The topological polar surface area (TPSA) is 116 Å². The summed E-state index contributed by atoms with van der Waals surface area (Å²) >= 11 is 1.10. The maximum Gasteiger partial charge on any atom is 0.410 e. The van der Waals surface area contributed by atoms with Crippen molar-refractivity contribution in [1.29, 1.82) is 0 Å². The number of carboxylic acid groups (broad SMARTS) is 1. The van der Waals surface area contributed by atoms with E-state index >= 15 is 0 Å². The number of thiophene rings is 1. The number of anilines is 1. The van der Waals surface area contributed by atoms with E-state index in [0.717, 1.165) is 37.0 Å². The normalized spacial score (nSPS) is 27.8. The largest absolute Gasteiger partial charge is 0.477 e. The minimum absolute atomic E-state index is 0.0522. The summed E-state index contributed by atoms with van der Waals surface area (Å²) in [6.07, 6.45) is 3.27. The lowest BCUT2D eigenvalue weighted by Gasteiger charge is -2.34. The average molecular weight is 464 g/mol. The lowest BCUT2D eigenvalue weighted by Crippen LogP contribution is -2.47. The predicted molar refractivity (Wildman–Crippen MR) is 118 cm³/mol. The third-order valence-corrected chi connectivity index (χ3v) is 7.59. The zero-order valence-corrected chi connectivity index (χ0v) is 18.9. The number of ether oxygens (including phenoxy) is 1. The van der Waals surface area contributed by atoms with Gasteiger partial charge >= 0.3 is 12.1 Å². The maximum atomic E-state index is 13.6. The molecule has 2 N–H and O–H groups in total. The Morgan fingerprint density at radius 1 is 1.22 bits per heavy atom. The van der Waals surface area contributed by atoms with Crippen LogP contribution in [0.1, 0.15) is 55.1 Å². The Morgan fingerprint density at radius 2 is 1.97 bits per heavy atom. The van der Waals surface area contributed by atoms with Crippen molar-refractivity contribution in [1.82, 2.24) is 10.2 Å². The van der Waals surface area contributed by atoms with Crippen molar-refractivity contribution in [3.8, 4) is 0 Å². The number of carbonyl (C=O) groups excluding carboxylic acids is 3. The van der Waals surface area contributed by atoms with E-state index in [2.05, 4.69) is 12.2 Å². The molecule has 174 valence electrons. The van der Waals surface area contributed by atoms with Crippen molar-refractivity contribution in [2.45, 2.75) is 57.6 Å². The Hall–Kier alpha value is -2.62. The number of carbonyl (C=O) groups is 4. The second-order valence-electron chi connectivity index (χ2n) is 9.01. The molecule has 4 rings (SSSR count). The Kier molecular flexibility index (Phi) is 6.68. The van der Waals surface area contributed by atoms with Gasteiger partial charge in [0.15, 0.2) is 0 Å². The Bertz CT molecular complexity index is 894. The molecule has 3 fully saturated rings. The Morgan fingerprint density at radius 3 is 2.62 bits per heavy atom. The van der Waals surface area contributed by atoms with Gasteiger partial charge in [-0.3, -0.25) is 9.59 Å². The number of likely N-dealkylation sites (tertiary alicyclic amines) is 1. The van der Waals surface area contributed by atoms with Crippen LogP contribution in [0.25, 0.3) is 0 Å². The molecule has 0 bridgehead atoms. The van der Waals surface area contributed by atoms with Gasteiger partial charge < -0.3 is 25.0 Å². The van der Waals surface area contributed by atoms with Gasteiger partial charge in [-0.2, -0.15) is 0 Å². The molecule has 10 heteroatoms. The molecule has 3 aliphatic rings. The molecule has 9 nitrogen and oxygen atoms in total. The van der Waals surface area contributed by atoms with Crippen LogP contribution in [0.15, 0.2) is 11.4 Å². The average Bonchev–Trinajstić information content (AvgIpc) is 3.50. The van der Waals surface area contributed by atoms with E-state index in [1.165, 1.54) is 0 Å². The molecule has 0 spiro atoms. The van der Waals surface area contributed by atoms with Gasteiger partial charge in [-0.15, -0.1) is 11.3 Å². The van der Waals surface area contributed by atoms with Crippen molar-refractivity contribution >= 4 is 40.9 Å². The van der Waals surface area contributed by atoms with E-state index in [-0.39, 0.29) is 41.6 Å². The van der Waals surface area contributed by atoms with Gasteiger partial charge in [0.2, 0.25) is 11.8 Å². The maximum absolute atomic E-state index is 13.6. The summed E-state index contributed by atoms with van der Waals surface area (Å²) in [5.74, 6) is -0.790. The van der Waals surface area contributed by atoms with E-state index < -0.39 is 18.2 Å². The van der Waals surface area contributed by atoms with Gasteiger partial charge in [0.25, 0.3) is 0 Å². The highest BCUT2D eigenvalue weighted by molar-refractivity contribution is 7.12. The molecule has 0 radical (unpaired) electrons. The fourth-order valence-corrected chi connectivity index (χ4v) is 5.57. The first kappa shape index (κ1) is 22.6. The fraction of sp³-hybridized carbons (Fsp3) is 0.636. The first-order chi connectivity index (χ1) is 15.3. The number of hydrogen-bond donors (Lipinski definition) is 2. The summed E-state index contributed by atoms with van der Waals surface area (Å²) in [5, 5.41) is 14.0. The van der Waals surface area contributed by atoms with Crippen LogP contribution in [0.4, 0.5) is 10.5 Å².